The Hall–Kier alpha value is -2.40. The van der Waals surface area contributed by atoms with Crippen molar-refractivity contribution < 1.29 is 25.2 Å². The third kappa shape index (κ3) is 2.14. The van der Waals surface area contributed by atoms with Crippen LogP contribution in [0, 0.1) is 6.92 Å². The quantitative estimate of drug-likeness (QED) is 0.608. The molecule has 2 aromatic rings. The molecule has 0 amide bonds. The predicted octanol–water partition coefficient (Wildman–Crippen LogP) is 2.71. The molecule has 0 radical (unpaired) electrons. The molecule has 0 bridgehead atoms. The summed E-state index contributed by atoms with van der Waals surface area (Å²) in [5.41, 5.74) is 2.01. The van der Waals surface area contributed by atoms with E-state index >= 15 is 0 Å². The first-order valence-corrected chi connectivity index (χ1v) is 7.09. The lowest BCUT2D eigenvalue weighted by Crippen LogP contribution is -2.33. The van der Waals surface area contributed by atoms with E-state index in [0.29, 0.717) is 16.9 Å². The van der Waals surface area contributed by atoms with Gasteiger partial charge in [0.2, 0.25) is 0 Å². The molecule has 0 aliphatic carbocycles. The van der Waals surface area contributed by atoms with Gasteiger partial charge in [0.15, 0.2) is 17.6 Å². The van der Waals surface area contributed by atoms with E-state index in [1.807, 2.05) is 13.8 Å². The number of hydrogen-bond donors (Lipinski definition) is 4. The molecule has 1 heterocycles. The Kier molecular flexibility index (Phi) is 3.37. The van der Waals surface area contributed by atoms with Crippen LogP contribution < -0.4 is 4.74 Å². The number of ether oxygens (including phenoxy) is 1. The summed E-state index contributed by atoms with van der Waals surface area (Å²) in [5.74, 6) is -0.171. The van der Waals surface area contributed by atoms with Crippen LogP contribution in [-0.2, 0) is 0 Å². The molecule has 3 rings (SSSR count). The molecule has 0 saturated heterocycles. The molecular formula is C17H18O5. The first-order valence-electron chi connectivity index (χ1n) is 7.09. The fraction of sp³-hybridized carbons (Fsp3) is 0.294. The van der Waals surface area contributed by atoms with Crippen molar-refractivity contribution in [3.05, 3.63) is 47.0 Å². The van der Waals surface area contributed by atoms with Crippen molar-refractivity contribution in [2.24, 2.45) is 0 Å². The summed E-state index contributed by atoms with van der Waals surface area (Å²) in [7, 11) is 0. The summed E-state index contributed by atoms with van der Waals surface area (Å²) in [6.07, 6.45) is -1.57. The monoisotopic (exact) mass is 302 g/mol. The maximum absolute atomic E-state index is 10.5. The lowest BCUT2D eigenvalue weighted by molar-refractivity contribution is 0.00234. The minimum atomic E-state index is -0.885. The standard InChI is InChI=1S/C17H18O5/c1-8-3-5-12(19)14-9(2)15(21)17(22-16(8)14)10-4-6-11(18)13(20)7-10/h3-7,9,15,17-21H,1-2H3. The first-order chi connectivity index (χ1) is 10.4. The van der Waals surface area contributed by atoms with Crippen LogP contribution in [0.25, 0.3) is 0 Å². The largest absolute Gasteiger partial charge is 0.508 e. The van der Waals surface area contributed by atoms with Crippen molar-refractivity contribution in [1.82, 2.24) is 0 Å². The van der Waals surface area contributed by atoms with Crippen LogP contribution in [0.1, 0.15) is 35.6 Å². The zero-order valence-corrected chi connectivity index (χ0v) is 12.3. The second kappa shape index (κ2) is 5.10. The molecule has 3 atom stereocenters. The summed E-state index contributed by atoms with van der Waals surface area (Å²) < 4.78 is 5.90. The van der Waals surface area contributed by atoms with Crippen molar-refractivity contribution in [3.63, 3.8) is 0 Å². The lowest BCUT2D eigenvalue weighted by Gasteiger charge is -2.36. The maximum atomic E-state index is 10.5. The molecule has 4 N–H and O–H groups in total. The molecule has 0 saturated carbocycles. The fourth-order valence-corrected chi connectivity index (χ4v) is 2.91. The Bertz CT molecular complexity index is 725. The van der Waals surface area contributed by atoms with Gasteiger partial charge in [-0.05, 0) is 36.2 Å². The number of rotatable bonds is 1. The van der Waals surface area contributed by atoms with E-state index < -0.39 is 12.2 Å². The second-order valence-electron chi connectivity index (χ2n) is 5.71. The van der Waals surface area contributed by atoms with E-state index in [-0.39, 0.29) is 23.2 Å². The van der Waals surface area contributed by atoms with Gasteiger partial charge in [0.1, 0.15) is 17.6 Å². The Morgan fingerprint density at radius 1 is 0.955 bits per heavy atom. The molecule has 1 aliphatic heterocycles. The minimum Gasteiger partial charge on any atom is -0.508 e. The van der Waals surface area contributed by atoms with Gasteiger partial charge in [-0.25, -0.2) is 0 Å². The van der Waals surface area contributed by atoms with Gasteiger partial charge in [0.05, 0.1) is 0 Å². The van der Waals surface area contributed by atoms with Gasteiger partial charge in [0, 0.05) is 11.5 Å². The first kappa shape index (κ1) is 14.5. The van der Waals surface area contributed by atoms with Crippen molar-refractivity contribution in [2.45, 2.75) is 32.0 Å². The van der Waals surface area contributed by atoms with Crippen molar-refractivity contribution in [2.75, 3.05) is 0 Å². The molecule has 5 heteroatoms. The molecular weight excluding hydrogens is 284 g/mol. The van der Waals surface area contributed by atoms with Gasteiger partial charge in [-0.15, -0.1) is 0 Å². The van der Waals surface area contributed by atoms with Gasteiger partial charge in [-0.2, -0.15) is 0 Å². The van der Waals surface area contributed by atoms with Gasteiger partial charge >= 0.3 is 0 Å². The lowest BCUT2D eigenvalue weighted by atomic mass is 9.84. The number of aryl methyl sites for hydroxylation is 1. The summed E-state index contributed by atoms with van der Waals surface area (Å²) in [4.78, 5) is 0. The van der Waals surface area contributed by atoms with Crippen molar-refractivity contribution in [1.29, 1.82) is 0 Å². The van der Waals surface area contributed by atoms with E-state index in [4.69, 9.17) is 4.74 Å². The van der Waals surface area contributed by atoms with E-state index in [1.54, 1.807) is 18.2 Å². The SMILES string of the molecule is Cc1ccc(O)c2c1OC(c1ccc(O)c(O)c1)C(O)C2C. The normalized spacial score (nSPS) is 23.7. The Labute approximate surface area is 128 Å². The number of aromatic hydroxyl groups is 3. The van der Waals surface area contributed by atoms with E-state index in [0.717, 1.165) is 5.56 Å². The highest BCUT2D eigenvalue weighted by Gasteiger charge is 2.38. The summed E-state index contributed by atoms with van der Waals surface area (Å²) in [6, 6.07) is 7.67. The number of fused-ring (bicyclic) bond motifs is 1. The highest BCUT2D eigenvalue weighted by atomic mass is 16.5. The molecule has 3 unspecified atom stereocenters. The van der Waals surface area contributed by atoms with Gasteiger partial charge in [0.25, 0.3) is 0 Å². The number of phenols is 3. The van der Waals surface area contributed by atoms with Crippen molar-refractivity contribution in [3.8, 4) is 23.0 Å². The van der Waals surface area contributed by atoms with Gasteiger partial charge in [-0.3, -0.25) is 0 Å². The second-order valence-corrected chi connectivity index (χ2v) is 5.71. The van der Waals surface area contributed by atoms with E-state index in [1.165, 1.54) is 12.1 Å². The molecule has 22 heavy (non-hydrogen) atoms. The zero-order valence-electron chi connectivity index (χ0n) is 12.3. The number of phenolic OH excluding ortho intramolecular Hbond substituents is 3. The van der Waals surface area contributed by atoms with Crippen molar-refractivity contribution >= 4 is 0 Å². The maximum Gasteiger partial charge on any atom is 0.157 e. The van der Waals surface area contributed by atoms with Gasteiger partial charge < -0.3 is 25.2 Å². The average molecular weight is 302 g/mol. The van der Waals surface area contributed by atoms with Crippen LogP contribution >= 0.6 is 0 Å². The van der Waals surface area contributed by atoms with Crippen LogP contribution in [0.15, 0.2) is 30.3 Å². The highest BCUT2D eigenvalue weighted by Crippen LogP contribution is 2.48. The fourth-order valence-electron chi connectivity index (χ4n) is 2.91. The number of aliphatic hydroxyl groups excluding tert-OH is 1. The van der Waals surface area contributed by atoms with Crippen LogP contribution in [0.2, 0.25) is 0 Å². The zero-order chi connectivity index (χ0) is 16.0. The Morgan fingerprint density at radius 2 is 1.64 bits per heavy atom. The number of benzene rings is 2. The summed E-state index contributed by atoms with van der Waals surface area (Å²) >= 11 is 0. The molecule has 116 valence electrons. The Morgan fingerprint density at radius 3 is 2.32 bits per heavy atom. The minimum absolute atomic E-state index is 0.0964. The highest BCUT2D eigenvalue weighted by molar-refractivity contribution is 5.53. The van der Waals surface area contributed by atoms with Crippen LogP contribution in [0.5, 0.6) is 23.0 Å². The molecule has 0 spiro atoms. The molecule has 1 aliphatic rings. The third-order valence-electron chi connectivity index (χ3n) is 4.22. The van der Waals surface area contributed by atoms with Crippen LogP contribution in [-0.4, -0.2) is 26.5 Å². The van der Waals surface area contributed by atoms with Crippen LogP contribution in [0.3, 0.4) is 0 Å². The topological polar surface area (TPSA) is 90.2 Å². The molecule has 5 nitrogen and oxygen atoms in total. The number of hydrogen-bond acceptors (Lipinski definition) is 5. The molecule has 0 aromatic heterocycles. The van der Waals surface area contributed by atoms with Gasteiger partial charge in [-0.1, -0.05) is 19.1 Å². The van der Waals surface area contributed by atoms with E-state index in [2.05, 4.69) is 0 Å². The summed E-state index contributed by atoms with van der Waals surface area (Å²) in [6.45, 7) is 3.69. The van der Waals surface area contributed by atoms with E-state index in [9.17, 15) is 20.4 Å². The van der Waals surface area contributed by atoms with Crippen LogP contribution in [0.4, 0.5) is 0 Å². The predicted molar refractivity (Wildman–Crippen MR) is 80.4 cm³/mol. The average Bonchev–Trinajstić information content (AvgIpc) is 2.49. The Balaban J connectivity index is 2.08. The summed E-state index contributed by atoms with van der Waals surface area (Å²) in [5, 5.41) is 39.6. The smallest absolute Gasteiger partial charge is 0.157 e. The molecule has 2 aromatic carbocycles. The third-order valence-corrected chi connectivity index (χ3v) is 4.22. The number of aliphatic hydroxyl groups is 1. The molecule has 0 fully saturated rings.